The number of urea groups is 1. The molecule has 1 fully saturated rings. The second-order valence-corrected chi connectivity index (χ2v) is 6.91. The third-order valence-corrected chi connectivity index (χ3v) is 5.20. The molecule has 8 heteroatoms. The van der Waals surface area contributed by atoms with Crippen molar-refractivity contribution >= 4 is 17.9 Å². The fraction of sp³-hybridized carbons (Fsp3) is 0.421. The van der Waals surface area contributed by atoms with Gasteiger partial charge < -0.3 is 19.4 Å². The van der Waals surface area contributed by atoms with Gasteiger partial charge in [0.1, 0.15) is 0 Å². The summed E-state index contributed by atoms with van der Waals surface area (Å²) < 4.78 is 5.05. The lowest BCUT2D eigenvalue weighted by Crippen LogP contribution is -2.64. The lowest BCUT2D eigenvalue weighted by molar-refractivity contribution is -0.137. The number of hydrogen-bond acceptors (Lipinski definition) is 6. The minimum absolute atomic E-state index is 0.232. The molecule has 142 valence electrons. The minimum Gasteiger partial charge on any atom is -0.383 e. The largest absolute Gasteiger partial charge is 0.383 e. The first-order valence-corrected chi connectivity index (χ1v) is 8.96. The van der Waals surface area contributed by atoms with Gasteiger partial charge in [-0.3, -0.25) is 9.69 Å². The fourth-order valence-electron chi connectivity index (χ4n) is 3.75. The van der Waals surface area contributed by atoms with E-state index in [2.05, 4.69) is 17.0 Å². The van der Waals surface area contributed by atoms with Gasteiger partial charge >= 0.3 is 6.03 Å². The number of ether oxygens (including phenoxy) is 1. The van der Waals surface area contributed by atoms with E-state index >= 15 is 0 Å². The van der Waals surface area contributed by atoms with Crippen LogP contribution >= 0.6 is 0 Å². The normalized spacial score (nSPS) is 24.3. The van der Waals surface area contributed by atoms with Gasteiger partial charge in [0.2, 0.25) is 5.96 Å². The number of carbonyl (C=O) groups excluding carboxylic acids is 2. The molecule has 0 radical (unpaired) electrons. The molecule has 0 aromatic heterocycles. The number of guanidine groups is 1. The van der Waals surface area contributed by atoms with Crippen LogP contribution in [0.3, 0.4) is 0 Å². The van der Waals surface area contributed by atoms with Gasteiger partial charge in [0.05, 0.1) is 19.7 Å². The molecule has 0 bridgehead atoms. The zero-order valence-electron chi connectivity index (χ0n) is 15.7. The van der Waals surface area contributed by atoms with E-state index in [1.807, 2.05) is 36.2 Å². The maximum absolute atomic E-state index is 13.0. The topological polar surface area (TPSA) is 68.7 Å². The number of amides is 3. The van der Waals surface area contributed by atoms with Crippen LogP contribution in [0, 0.1) is 0 Å². The SMILES string of the molecule is COCCN1C(=O)C2C(N=C3N(Cc4ccccc4)C(C)=CN32)N(C)C1=O. The Bertz CT molecular complexity index is 822. The van der Waals surface area contributed by atoms with Gasteiger partial charge in [-0.2, -0.15) is 0 Å². The highest BCUT2D eigenvalue weighted by Crippen LogP contribution is 2.34. The van der Waals surface area contributed by atoms with E-state index in [-0.39, 0.29) is 18.5 Å². The number of allylic oxidation sites excluding steroid dienone is 1. The Labute approximate surface area is 158 Å². The van der Waals surface area contributed by atoms with Crippen molar-refractivity contribution in [2.24, 2.45) is 4.99 Å². The Morgan fingerprint density at radius 2 is 1.89 bits per heavy atom. The first-order chi connectivity index (χ1) is 13.0. The minimum atomic E-state index is -0.532. The van der Waals surface area contributed by atoms with Crippen molar-refractivity contribution in [3.63, 3.8) is 0 Å². The monoisotopic (exact) mass is 369 g/mol. The number of carbonyl (C=O) groups is 2. The van der Waals surface area contributed by atoms with Gasteiger partial charge in [0.15, 0.2) is 12.2 Å². The summed E-state index contributed by atoms with van der Waals surface area (Å²) in [5.74, 6) is 0.484. The van der Waals surface area contributed by atoms with Crippen molar-refractivity contribution in [1.82, 2.24) is 19.6 Å². The maximum Gasteiger partial charge on any atom is 0.328 e. The van der Waals surface area contributed by atoms with Crippen LogP contribution < -0.4 is 0 Å². The number of imide groups is 1. The average molecular weight is 369 g/mol. The molecular weight excluding hydrogens is 346 g/mol. The van der Waals surface area contributed by atoms with Crippen LogP contribution in [0.2, 0.25) is 0 Å². The maximum atomic E-state index is 13.0. The number of fused-ring (bicyclic) bond motifs is 3. The predicted molar refractivity (Wildman–Crippen MR) is 99.3 cm³/mol. The summed E-state index contributed by atoms with van der Waals surface area (Å²) in [6.07, 6.45) is 1.43. The number of methoxy groups -OCH3 is 1. The lowest BCUT2D eigenvalue weighted by atomic mass is 10.1. The molecule has 2 atom stereocenters. The standard InChI is InChI=1S/C19H23N5O3/c1-13-11-24-15-16(21(2)19(26)22(17(15)25)9-10-27-3)20-18(24)23(13)12-14-7-5-4-6-8-14/h4-8,11,15-16H,9-10,12H2,1-3H3. The molecule has 1 saturated heterocycles. The van der Waals surface area contributed by atoms with Crippen LogP contribution in [0.15, 0.2) is 47.2 Å². The molecule has 3 aliphatic heterocycles. The summed E-state index contributed by atoms with van der Waals surface area (Å²) in [6.45, 7) is 3.22. The molecule has 8 nitrogen and oxygen atoms in total. The lowest BCUT2D eigenvalue weighted by Gasteiger charge is -2.40. The number of rotatable bonds is 5. The van der Waals surface area contributed by atoms with E-state index in [1.54, 1.807) is 14.2 Å². The van der Waals surface area contributed by atoms with Gasteiger partial charge in [-0.05, 0) is 12.5 Å². The fourth-order valence-corrected chi connectivity index (χ4v) is 3.75. The van der Waals surface area contributed by atoms with Crippen molar-refractivity contribution in [2.45, 2.75) is 25.7 Å². The molecule has 3 heterocycles. The van der Waals surface area contributed by atoms with E-state index in [1.165, 1.54) is 9.80 Å². The molecule has 2 unspecified atom stereocenters. The molecule has 1 aromatic carbocycles. The molecule has 3 aliphatic rings. The van der Waals surface area contributed by atoms with Crippen molar-refractivity contribution in [3.05, 3.63) is 47.8 Å². The van der Waals surface area contributed by atoms with E-state index < -0.39 is 12.2 Å². The molecule has 4 rings (SSSR count). The van der Waals surface area contributed by atoms with Gasteiger partial charge in [-0.25, -0.2) is 9.79 Å². The highest BCUT2D eigenvalue weighted by atomic mass is 16.5. The zero-order valence-corrected chi connectivity index (χ0v) is 15.7. The Morgan fingerprint density at radius 3 is 2.59 bits per heavy atom. The zero-order chi connectivity index (χ0) is 19.1. The summed E-state index contributed by atoms with van der Waals surface area (Å²) in [5.41, 5.74) is 2.17. The molecule has 27 heavy (non-hydrogen) atoms. The van der Waals surface area contributed by atoms with Crippen molar-refractivity contribution < 1.29 is 14.3 Å². The number of likely N-dealkylation sites (N-methyl/N-ethyl adjacent to an activating group) is 1. The number of nitrogens with zero attached hydrogens (tertiary/aromatic N) is 5. The van der Waals surface area contributed by atoms with Gasteiger partial charge in [-0.15, -0.1) is 0 Å². The summed E-state index contributed by atoms with van der Waals surface area (Å²) in [6, 6.07) is 9.24. The van der Waals surface area contributed by atoms with E-state index in [9.17, 15) is 9.59 Å². The molecule has 1 aromatic rings. The summed E-state index contributed by atoms with van der Waals surface area (Å²) in [7, 11) is 3.24. The summed E-state index contributed by atoms with van der Waals surface area (Å²) in [5, 5.41) is 0. The van der Waals surface area contributed by atoms with Crippen molar-refractivity contribution in [1.29, 1.82) is 0 Å². The van der Waals surface area contributed by atoms with Crippen LogP contribution in [0.5, 0.6) is 0 Å². The van der Waals surface area contributed by atoms with Gasteiger partial charge in [-0.1, -0.05) is 30.3 Å². The third kappa shape index (κ3) is 2.76. The van der Waals surface area contributed by atoms with Crippen LogP contribution in [0.25, 0.3) is 0 Å². The number of aliphatic imine (C=N–C) groups is 1. The first kappa shape index (κ1) is 17.5. The molecule has 0 spiro atoms. The second kappa shape index (κ2) is 6.70. The van der Waals surface area contributed by atoms with E-state index in [4.69, 9.17) is 9.73 Å². The third-order valence-electron chi connectivity index (χ3n) is 5.20. The molecule has 3 amide bonds. The first-order valence-electron chi connectivity index (χ1n) is 8.96. The van der Waals surface area contributed by atoms with Crippen LogP contribution in [0.4, 0.5) is 4.79 Å². The Kier molecular flexibility index (Phi) is 4.35. The average Bonchev–Trinajstić information content (AvgIpc) is 3.17. The van der Waals surface area contributed by atoms with Gasteiger partial charge in [0, 0.05) is 26.1 Å². The van der Waals surface area contributed by atoms with Crippen molar-refractivity contribution in [3.8, 4) is 0 Å². The van der Waals surface area contributed by atoms with Gasteiger partial charge in [0.25, 0.3) is 5.91 Å². The van der Waals surface area contributed by atoms with Crippen LogP contribution in [-0.2, 0) is 16.1 Å². The quantitative estimate of drug-likeness (QED) is 0.782. The van der Waals surface area contributed by atoms with Crippen LogP contribution in [-0.4, -0.2) is 77.0 Å². The Balaban J connectivity index is 1.61. The number of benzene rings is 1. The highest BCUT2D eigenvalue weighted by molar-refractivity contribution is 6.04. The second-order valence-electron chi connectivity index (χ2n) is 6.91. The Hall–Kier alpha value is -2.87. The van der Waals surface area contributed by atoms with E-state index in [0.717, 1.165) is 11.3 Å². The molecular formula is C19H23N5O3. The summed E-state index contributed by atoms with van der Waals surface area (Å²) in [4.78, 5) is 37.2. The molecule has 0 N–H and O–H groups in total. The van der Waals surface area contributed by atoms with Crippen LogP contribution in [0.1, 0.15) is 12.5 Å². The molecule has 0 aliphatic carbocycles. The summed E-state index contributed by atoms with van der Waals surface area (Å²) >= 11 is 0. The highest BCUT2D eigenvalue weighted by Gasteiger charge is 2.54. The predicted octanol–water partition coefficient (Wildman–Crippen LogP) is 1.27. The number of hydrogen-bond donors (Lipinski definition) is 0. The van der Waals surface area contributed by atoms with Crippen molar-refractivity contribution in [2.75, 3.05) is 27.3 Å². The molecule has 0 saturated carbocycles. The Morgan fingerprint density at radius 1 is 1.15 bits per heavy atom. The smallest absolute Gasteiger partial charge is 0.328 e. The van der Waals surface area contributed by atoms with E-state index in [0.29, 0.717) is 19.1 Å².